The minimum atomic E-state index is 0.291. The molecule has 1 saturated carbocycles. The van der Waals surface area contributed by atoms with E-state index >= 15 is 0 Å². The van der Waals surface area contributed by atoms with Gasteiger partial charge in [0.1, 0.15) is 0 Å². The molecule has 0 aromatic carbocycles. The minimum absolute atomic E-state index is 0.291. The van der Waals surface area contributed by atoms with Crippen molar-refractivity contribution in [3.05, 3.63) is 0 Å². The maximum absolute atomic E-state index is 6.10. The molecule has 0 aromatic heterocycles. The summed E-state index contributed by atoms with van der Waals surface area (Å²) in [5.74, 6) is 1.68. The first-order chi connectivity index (χ1) is 8.13. The monoisotopic (exact) mass is 240 g/mol. The fourth-order valence-corrected chi connectivity index (χ4v) is 3.52. The van der Waals surface area contributed by atoms with Crippen LogP contribution >= 0.6 is 0 Å². The van der Waals surface area contributed by atoms with Gasteiger partial charge in [-0.05, 0) is 31.1 Å². The summed E-state index contributed by atoms with van der Waals surface area (Å²) in [4.78, 5) is 2.66. The molecule has 17 heavy (non-hydrogen) atoms. The Morgan fingerprint density at radius 2 is 2.12 bits per heavy atom. The molecule has 1 aliphatic heterocycles. The minimum Gasteiger partial charge on any atom is -0.378 e. The van der Waals surface area contributed by atoms with Crippen molar-refractivity contribution in [3.8, 4) is 0 Å². The van der Waals surface area contributed by atoms with Gasteiger partial charge in [0.05, 0.1) is 13.2 Å². The van der Waals surface area contributed by atoms with Gasteiger partial charge in [-0.2, -0.15) is 0 Å². The van der Waals surface area contributed by atoms with Gasteiger partial charge >= 0.3 is 0 Å². The summed E-state index contributed by atoms with van der Waals surface area (Å²) in [6.07, 6.45) is 3.75. The van der Waals surface area contributed by atoms with Crippen molar-refractivity contribution in [2.24, 2.45) is 17.6 Å². The molecular formula is C14H28N2O. The van der Waals surface area contributed by atoms with E-state index in [1.807, 2.05) is 0 Å². The van der Waals surface area contributed by atoms with E-state index in [2.05, 4.69) is 25.7 Å². The summed E-state index contributed by atoms with van der Waals surface area (Å²) in [7, 11) is 0. The third-order valence-corrected chi connectivity index (χ3v) is 4.92. The van der Waals surface area contributed by atoms with Crippen molar-refractivity contribution in [1.82, 2.24) is 4.90 Å². The van der Waals surface area contributed by atoms with Gasteiger partial charge in [0.2, 0.25) is 0 Å². The van der Waals surface area contributed by atoms with Crippen molar-refractivity contribution >= 4 is 0 Å². The van der Waals surface area contributed by atoms with E-state index in [0.29, 0.717) is 11.6 Å². The van der Waals surface area contributed by atoms with Crippen molar-refractivity contribution in [1.29, 1.82) is 0 Å². The van der Waals surface area contributed by atoms with E-state index in [4.69, 9.17) is 10.5 Å². The molecule has 2 N–H and O–H groups in total. The Bertz CT molecular complexity index is 249. The van der Waals surface area contributed by atoms with Gasteiger partial charge in [-0.25, -0.2) is 0 Å². The Morgan fingerprint density at radius 3 is 2.65 bits per heavy atom. The summed E-state index contributed by atoms with van der Waals surface area (Å²) < 4.78 is 5.60. The predicted molar refractivity (Wildman–Crippen MR) is 71.0 cm³/mol. The van der Waals surface area contributed by atoms with Gasteiger partial charge in [0, 0.05) is 24.7 Å². The lowest BCUT2D eigenvalue weighted by molar-refractivity contribution is -0.115. The molecule has 2 fully saturated rings. The van der Waals surface area contributed by atoms with Crippen LogP contribution in [0.15, 0.2) is 0 Å². The fourth-order valence-electron chi connectivity index (χ4n) is 3.52. The second-order valence-corrected chi connectivity index (χ2v) is 6.17. The fraction of sp³-hybridized carbons (Fsp3) is 1.00. The Morgan fingerprint density at radius 1 is 1.41 bits per heavy atom. The van der Waals surface area contributed by atoms with Crippen LogP contribution in [0.4, 0.5) is 0 Å². The Balaban J connectivity index is 2.03. The second-order valence-electron chi connectivity index (χ2n) is 6.17. The third-order valence-electron chi connectivity index (χ3n) is 4.92. The number of nitrogens with zero attached hydrogens (tertiary/aromatic N) is 1. The van der Waals surface area contributed by atoms with Crippen molar-refractivity contribution in [2.45, 2.75) is 51.6 Å². The lowest BCUT2D eigenvalue weighted by Gasteiger charge is -2.58. The molecule has 3 nitrogen and oxygen atoms in total. The quantitative estimate of drug-likeness (QED) is 0.815. The number of hydrogen-bond acceptors (Lipinski definition) is 3. The van der Waals surface area contributed by atoms with Crippen molar-refractivity contribution in [2.75, 3.05) is 26.3 Å². The standard InChI is InChI=1S/C14H28N2O/c1-4-13-9-17-6-5-16(13)14(10-15)7-12(8-14)11(2)3/h11-13H,4-10,15H2,1-3H3. The van der Waals surface area contributed by atoms with Crippen LogP contribution in [0.1, 0.15) is 40.0 Å². The molecular weight excluding hydrogens is 212 g/mol. The summed E-state index contributed by atoms with van der Waals surface area (Å²) >= 11 is 0. The number of rotatable bonds is 4. The van der Waals surface area contributed by atoms with Gasteiger partial charge in [-0.3, -0.25) is 4.90 Å². The summed E-state index contributed by atoms with van der Waals surface area (Å²) in [5.41, 5.74) is 6.39. The Kier molecular flexibility index (Phi) is 4.11. The van der Waals surface area contributed by atoms with Crippen LogP contribution < -0.4 is 5.73 Å². The van der Waals surface area contributed by atoms with Crippen LogP contribution in [0.2, 0.25) is 0 Å². The highest BCUT2D eigenvalue weighted by Gasteiger charge is 2.50. The molecule has 0 spiro atoms. The van der Waals surface area contributed by atoms with E-state index in [-0.39, 0.29) is 0 Å². The second kappa shape index (κ2) is 5.25. The molecule has 100 valence electrons. The van der Waals surface area contributed by atoms with E-state index < -0.39 is 0 Å². The zero-order valence-corrected chi connectivity index (χ0v) is 11.6. The van der Waals surface area contributed by atoms with Crippen LogP contribution in [-0.4, -0.2) is 42.8 Å². The highest BCUT2D eigenvalue weighted by molar-refractivity contribution is 5.06. The molecule has 1 atom stereocenters. The average Bonchev–Trinajstić information content (AvgIpc) is 2.28. The van der Waals surface area contributed by atoms with Gasteiger partial charge in [-0.1, -0.05) is 20.8 Å². The molecule has 1 aliphatic carbocycles. The van der Waals surface area contributed by atoms with Crippen LogP contribution in [0, 0.1) is 11.8 Å². The Hall–Kier alpha value is -0.120. The average molecular weight is 240 g/mol. The lowest BCUT2D eigenvalue weighted by atomic mass is 9.62. The number of morpholine rings is 1. The summed E-state index contributed by atoms with van der Waals surface area (Å²) in [6, 6.07) is 0.584. The smallest absolute Gasteiger partial charge is 0.0622 e. The molecule has 1 unspecified atom stereocenters. The van der Waals surface area contributed by atoms with Gasteiger partial charge in [0.25, 0.3) is 0 Å². The topological polar surface area (TPSA) is 38.5 Å². The summed E-state index contributed by atoms with van der Waals surface area (Å²) in [6.45, 7) is 10.6. The van der Waals surface area contributed by atoms with E-state index in [1.54, 1.807) is 0 Å². The molecule has 2 aliphatic rings. The Labute approximate surface area is 106 Å². The van der Waals surface area contributed by atoms with Gasteiger partial charge < -0.3 is 10.5 Å². The van der Waals surface area contributed by atoms with Gasteiger partial charge in [0.15, 0.2) is 0 Å². The zero-order chi connectivity index (χ0) is 12.5. The first kappa shape index (κ1) is 13.3. The van der Waals surface area contributed by atoms with Crippen molar-refractivity contribution in [3.63, 3.8) is 0 Å². The van der Waals surface area contributed by atoms with Crippen LogP contribution in [0.25, 0.3) is 0 Å². The van der Waals surface area contributed by atoms with Gasteiger partial charge in [-0.15, -0.1) is 0 Å². The number of hydrogen-bond donors (Lipinski definition) is 1. The van der Waals surface area contributed by atoms with E-state index in [0.717, 1.165) is 38.1 Å². The molecule has 0 bridgehead atoms. The zero-order valence-electron chi connectivity index (χ0n) is 11.6. The number of nitrogens with two attached hydrogens (primary N) is 1. The van der Waals surface area contributed by atoms with Crippen LogP contribution in [0.3, 0.4) is 0 Å². The highest BCUT2D eigenvalue weighted by atomic mass is 16.5. The SMILES string of the molecule is CCC1COCCN1C1(CN)CC(C(C)C)C1. The maximum atomic E-state index is 6.10. The first-order valence-corrected chi connectivity index (χ1v) is 7.17. The molecule has 1 heterocycles. The van der Waals surface area contributed by atoms with Crippen molar-refractivity contribution < 1.29 is 4.74 Å². The van der Waals surface area contributed by atoms with Crippen LogP contribution in [-0.2, 0) is 4.74 Å². The maximum Gasteiger partial charge on any atom is 0.0622 e. The largest absolute Gasteiger partial charge is 0.378 e. The predicted octanol–water partition coefficient (Wildman–Crippen LogP) is 1.86. The lowest BCUT2D eigenvalue weighted by Crippen LogP contribution is -2.67. The highest BCUT2D eigenvalue weighted by Crippen LogP contribution is 2.46. The molecule has 1 saturated heterocycles. The molecule has 0 aromatic rings. The molecule has 2 rings (SSSR count). The summed E-state index contributed by atoms with van der Waals surface area (Å²) in [5, 5.41) is 0. The molecule has 0 amide bonds. The molecule has 0 radical (unpaired) electrons. The normalized spacial score (nSPS) is 39.4. The molecule has 3 heteroatoms. The third kappa shape index (κ3) is 2.38. The van der Waals surface area contributed by atoms with E-state index in [9.17, 15) is 0 Å². The van der Waals surface area contributed by atoms with E-state index in [1.165, 1.54) is 19.3 Å². The first-order valence-electron chi connectivity index (χ1n) is 7.17. The van der Waals surface area contributed by atoms with Crippen LogP contribution in [0.5, 0.6) is 0 Å². The number of ether oxygens (including phenoxy) is 1.